The molecule has 5 nitrogen and oxygen atoms in total. The topological polar surface area (TPSA) is 62.1 Å². The summed E-state index contributed by atoms with van der Waals surface area (Å²) in [6.45, 7) is 3.43. The van der Waals surface area contributed by atoms with Crippen molar-refractivity contribution >= 4 is 16.8 Å². The molecule has 1 amide bonds. The summed E-state index contributed by atoms with van der Waals surface area (Å²) in [6, 6.07) is 14.6. The van der Waals surface area contributed by atoms with Crippen LogP contribution in [-0.2, 0) is 0 Å². The maximum atomic E-state index is 13.4. The van der Waals surface area contributed by atoms with Gasteiger partial charge < -0.3 is 14.3 Å². The predicted octanol–water partition coefficient (Wildman–Crippen LogP) is 6.03. The number of hydrogen-bond donors (Lipinski definition) is 1. The molecule has 1 aliphatic carbocycles. The van der Waals surface area contributed by atoms with Gasteiger partial charge in [0, 0.05) is 59.5 Å². The monoisotopic (exact) mass is 425 g/mol. The molecule has 6 rings (SSSR count). The van der Waals surface area contributed by atoms with Crippen molar-refractivity contribution in [3.63, 3.8) is 0 Å². The van der Waals surface area contributed by atoms with Gasteiger partial charge in [-0.1, -0.05) is 18.2 Å². The lowest BCUT2D eigenvalue weighted by molar-refractivity contribution is 0.0704. The van der Waals surface area contributed by atoms with Crippen molar-refractivity contribution in [2.45, 2.75) is 44.4 Å². The number of aromatic nitrogens is 2. The molecule has 1 unspecified atom stereocenters. The molecule has 32 heavy (non-hydrogen) atoms. The minimum atomic E-state index is 0.101. The first kappa shape index (κ1) is 19.4. The molecular formula is C27H27N3O2. The van der Waals surface area contributed by atoms with Crippen LogP contribution in [0.15, 0.2) is 59.3 Å². The number of carbonyl (C=O) groups excluding carboxylic acids is 1. The molecular weight excluding hydrogens is 398 g/mol. The van der Waals surface area contributed by atoms with E-state index in [-0.39, 0.29) is 11.8 Å². The normalized spacial score (nSPS) is 18.9. The van der Waals surface area contributed by atoms with Crippen LogP contribution in [0.5, 0.6) is 0 Å². The summed E-state index contributed by atoms with van der Waals surface area (Å²) in [4.78, 5) is 23.3. The number of amides is 1. The summed E-state index contributed by atoms with van der Waals surface area (Å²) in [5.74, 6) is 2.61. The highest BCUT2D eigenvalue weighted by Crippen LogP contribution is 2.42. The van der Waals surface area contributed by atoms with Gasteiger partial charge in [0.25, 0.3) is 5.91 Å². The minimum absolute atomic E-state index is 0.101. The number of aromatic amines is 1. The molecule has 4 aromatic rings. The Morgan fingerprint density at radius 2 is 1.91 bits per heavy atom. The summed E-state index contributed by atoms with van der Waals surface area (Å²) in [5, 5.41) is 1.22. The fourth-order valence-electron chi connectivity index (χ4n) is 5.15. The standard InChI is InChI=1S/C27H27N3O2/c1-17-22(15-24(32-17)18-8-9-18)27(31)30-14-4-5-20(16-30)26-25(19-10-12-28-13-11-19)21-6-2-3-7-23(21)29-26/h2-3,6-7,10-13,15,18,20,29H,4-5,8-9,14,16H2,1H3. The van der Waals surface area contributed by atoms with Crippen molar-refractivity contribution < 1.29 is 9.21 Å². The Kier molecular flexibility index (Phi) is 4.63. The molecule has 3 aromatic heterocycles. The Balaban J connectivity index is 1.34. The molecule has 0 spiro atoms. The predicted molar refractivity (Wildman–Crippen MR) is 125 cm³/mol. The number of nitrogens with zero attached hydrogens (tertiary/aromatic N) is 2. The zero-order valence-electron chi connectivity index (χ0n) is 18.3. The fraction of sp³-hybridized carbons (Fsp3) is 0.333. The van der Waals surface area contributed by atoms with Crippen LogP contribution in [0.25, 0.3) is 22.0 Å². The molecule has 1 saturated heterocycles. The van der Waals surface area contributed by atoms with Crippen molar-refractivity contribution in [3.05, 3.63) is 77.6 Å². The number of H-pyrrole nitrogens is 1. The number of para-hydroxylation sites is 1. The lowest BCUT2D eigenvalue weighted by Crippen LogP contribution is -2.39. The highest BCUT2D eigenvalue weighted by molar-refractivity contribution is 5.98. The molecule has 4 heterocycles. The average Bonchev–Trinajstić information content (AvgIpc) is 3.51. The van der Waals surface area contributed by atoms with Gasteiger partial charge in [0.1, 0.15) is 11.5 Å². The molecule has 2 fully saturated rings. The number of aryl methyl sites for hydroxylation is 1. The van der Waals surface area contributed by atoms with Crippen molar-refractivity contribution in [3.8, 4) is 11.1 Å². The van der Waals surface area contributed by atoms with Crippen LogP contribution in [0.4, 0.5) is 0 Å². The van der Waals surface area contributed by atoms with Crippen LogP contribution >= 0.6 is 0 Å². The third-order valence-electron chi connectivity index (χ3n) is 6.97. The number of piperidine rings is 1. The second kappa shape index (κ2) is 7.66. The lowest BCUT2D eigenvalue weighted by atomic mass is 9.89. The van der Waals surface area contributed by atoms with Crippen molar-refractivity contribution in [2.75, 3.05) is 13.1 Å². The number of rotatable bonds is 4. The van der Waals surface area contributed by atoms with Crippen molar-refractivity contribution in [2.24, 2.45) is 0 Å². The van der Waals surface area contributed by atoms with E-state index in [1.165, 1.54) is 29.5 Å². The Labute approximate surface area is 187 Å². The van der Waals surface area contributed by atoms with Crippen LogP contribution in [0, 0.1) is 6.92 Å². The van der Waals surface area contributed by atoms with Gasteiger partial charge in [-0.2, -0.15) is 0 Å². The average molecular weight is 426 g/mol. The Hall–Kier alpha value is -3.34. The molecule has 1 N–H and O–H groups in total. The van der Waals surface area contributed by atoms with E-state index in [0.29, 0.717) is 12.5 Å². The van der Waals surface area contributed by atoms with Crippen molar-refractivity contribution in [1.29, 1.82) is 0 Å². The molecule has 2 aliphatic rings. The summed E-state index contributed by atoms with van der Waals surface area (Å²) in [5.41, 5.74) is 5.49. The van der Waals surface area contributed by atoms with Gasteiger partial charge in [0.2, 0.25) is 0 Å². The second-order valence-electron chi connectivity index (χ2n) is 9.18. The van der Waals surface area contributed by atoms with Crippen LogP contribution in [-0.4, -0.2) is 33.9 Å². The van der Waals surface area contributed by atoms with E-state index < -0.39 is 0 Å². The first-order valence-electron chi connectivity index (χ1n) is 11.6. The van der Waals surface area contributed by atoms with E-state index >= 15 is 0 Å². The number of fused-ring (bicyclic) bond motifs is 1. The van der Waals surface area contributed by atoms with Gasteiger partial charge >= 0.3 is 0 Å². The number of carbonyl (C=O) groups is 1. The quantitative estimate of drug-likeness (QED) is 0.434. The summed E-state index contributed by atoms with van der Waals surface area (Å²) in [6.07, 6.45) is 8.09. The summed E-state index contributed by atoms with van der Waals surface area (Å²) >= 11 is 0. The summed E-state index contributed by atoms with van der Waals surface area (Å²) < 4.78 is 5.92. The van der Waals surface area contributed by atoms with Crippen LogP contribution in [0.2, 0.25) is 0 Å². The first-order chi connectivity index (χ1) is 15.7. The molecule has 1 aliphatic heterocycles. The second-order valence-corrected chi connectivity index (χ2v) is 9.18. The van der Waals surface area contributed by atoms with Crippen LogP contribution in [0.1, 0.15) is 65.1 Å². The molecule has 5 heteroatoms. The van der Waals surface area contributed by atoms with E-state index in [1.54, 1.807) is 0 Å². The van der Waals surface area contributed by atoms with E-state index in [0.717, 1.165) is 47.6 Å². The molecule has 162 valence electrons. The molecule has 0 bridgehead atoms. The zero-order valence-corrected chi connectivity index (χ0v) is 18.3. The van der Waals surface area contributed by atoms with E-state index in [1.807, 2.05) is 30.3 Å². The third kappa shape index (κ3) is 3.32. The number of nitrogens with one attached hydrogen (secondary N) is 1. The van der Waals surface area contributed by atoms with Gasteiger partial charge in [-0.15, -0.1) is 0 Å². The summed E-state index contributed by atoms with van der Waals surface area (Å²) in [7, 11) is 0. The zero-order chi connectivity index (χ0) is 21.7. The smallest absolute Gasteiger partial charge is 0.257 e. The van der Waals surface area contributed by atoms with Gasteiger partial charge in [-0.05, 0) is 62.4 Å². The SMILES string of the molecule is Cc1oc(C2CC2)cc1C(=O)N1CCCC(c2[nH]c3ccccc3c2-c2ccncc2)C1. The third-order valence-corrected chi connectivity index (χ3v) is 6.97. The number of pyridine rings is 1. The number of furan rings is 1. The van der Waals surface area contributed by atoms with E-state index in [9.17, 15) is 4.79 Å². The maximum Gasteiger partial charge on any atom is 0.257 e. The van der Waals surface area contributed by atoms with Gasteiger partial charge in [0.05, 0.1) is 5.56 Å². The van der Waals surface area contributed by atoms with Crippen molar-refractivity contribution in [1.82, 2.24) is 14.9 Å². The Morgan fingerprint density at radius 1 is 1.09 bits per heavy atom. The fourth-order valence-corrected chi connectivity index (χ4v) is 5.15. The van der Waals surface area contributed by atoms with E-state index in [2.05, 4.69) is 46.4 Å². The number of benzene rings is 1. The number of hydrogen-bond acceptors (Lipinski definition) is 3. The van der Waals surface area contributed by atoms with Gasteiger partial charge in [-0.3, -0.25) is 9.78 Å². The van der Waals surface area contributed by atoms with Gasteiger partial charge in [-0.25, -0.2) is 0 Å². The highest BCUT2D eigenvalue weighted by atomic mass is 16.3. The van der Waals surface area contributed by atoms with E-state index in [4.69, 9.17) is 4.42 Å². The highest BCUT2D eigenvalue weighted by Gasteiger charge is 2.33. The maximum absolute atomic E-state index is 13.4. The van der Waals surface area contributed by atoms with Gasteiger partial charge in [0.15, 0.2) is 0 Å². The number of likely N-dealkylation sites (tertiary alicyclic amines) is 1. The first-order valence-corrected chi connectivity index (χ1v) is 11.6. The molecule has 1 atom stereocenters. The van der Waals surface area contributed by atoms with Crippen LogP contribution < -0.4 is 0 Å². The Morgan fingerprint density at radius 3 is 2.72 bits per heavy atom. The lowest BCUT2D eigenvalue weighted by Gasteiger charge is -2.33. The largest absolute Gasteiger partial charge is 0.465 e. The molecule has 1 aromatic carbocycles. The molecule has 0 radical (unpaired) electrons. The molecule has 1 saturated carbocycles. The Bertz CT molecular complexity index is 1280. The minimum Gasteiger partial charge on any atom is -0.465 e. The van der Waals surface area contributed by atoms with Crippen LogP contribution in [0.3, 0.4) is 0 Å².